The van der Waals surface area contributed by atoms with Crippen LogP contribution in [0.25, 0.3) is 0 Å². The minimum absolute atomic E-state index is 0.241. The zero-order chi connectivity index (χ0) is 21.6. The molecule has 0 spiro atoms. The van der Waals surface area contributed by atoms with Gasteiger partial charge in [-0.2, -0.15) is 0 Å². The molecule has 0 bridgehead atoms. The second-order valence-electron chi connectivity index (χ2n) is 8.46. The molecule has 2 rings (SSSR count). The molecule has 1 fully saturated rings. The summed E-state index contributed by atoms with van der Waals surface area (Å²) in [5, 5.41) is 0. The van der Waals surface area contributed by atoms with Gasteiger partial charge in [-0.05, 0) is 55.7 Å². The predicted octanol–water partition coefficient (Wildman–Crippen LogP) is 7.29. The van der Waals surface area contributed by atoms with Gasteiger partial charge in [0.05, 0.1) is 12.5 Å². The highest BCUT2D eigenvalue weighted by molar-refractivity contribution is 5.72. The second-order valence-corrected chi connectivity index (χ2v) is 8.46. The molecule has 0 amide bonds. The van der Waals surface area contributed by atoms with Crippen molar-refractivity contribution in [3.63, 3.8) is 0 Å². The molecule has 3 nitrogen and oxygen atoms in total. The average molecular weight is 425 g/mol. The van der Waals surface area contributed by atoms with E-state index in [-0.39, 0.29) is 5.92 Å². The molecular formula is C25H38F2O3. The van der Waals surface area contributed by atoms with Crippen molar-refractivity contribution in [2.24, 2.45) is 5.92 Å². The molecule has 1 saturated carbocycles. The third kappa shape index (κ3) is 9.44. The van der Waals surface area contributed by atoms with Crippen molar-refractivity contribution in [1.29, 1.82) is 0 Å². The van der Waals surface area contributed by atoms with Crippen LogP contribution < -0.4 is 4.74 Å². The first kappa shape index (κ1) is 24.6. The Bertz CT molecular complexity index is 581. The molecule has 5 heteroatoms. The van der Waals surface area contributed by atoms with Crippen molar-refractivity contribution in [2.75, 3.05) is 13.2 Å². The summed E-state index contributed by atoms with van der Waals surface area (Å²) in [6.45, 7) is 2.22. The number of carbonyl (C=O) groups excluding carboxylic acids is 1. The fourth-order valence-corrected chi connectivity index (χ4v) is 4.19. The lowest BCUT2D eigenvalue weighted by Gasteiger charge is -2.27. The Hall–Kier alpha value is -1.65. The number of alkyl halides is 2. The monoisotopic (exact) mass is 424 g/mol. The number of unbranched alkanes of at least 4 members (excludes halogenated alkanes) is 7. The van der Waals surface area contributed by atoms with E-state index in [2.05, 4.69) is 23.8 Å². The van der Waals surface area contributed by atoms with Crippen LogP contribution in [0.2, 0.25) is 0 Å². The number of esters is 1. The fraction of sp³-hybridized carbons (Fsp3) is 0.720. The Kier molecular flexibility index (Phi) is 11.8. The Morgan fingerprint density at radius 2 is 1.53 bits per heavy atom. The van der Waals surface area contributed by atoms with Gasteiger partial charge < -0.3 is 9.47 Å². The van der Waals surface area contributed by atoms with Crippen molar-refractivity contribution in [2.45, 2.75) is 96.3 Å². The highest BCUT2D eigenvalue weighted by Gasteiger charge is 2.28. The van der Waals surface area contributed by atoms with E-state index in [4.69, 9.17) is 4.74 Å². The molecule has 0 radical (unpaired) electrons. The first-order valence-electron chi connectivity index (χ1n) is 11.8. The van der Waals surface area contributed by atoms with Crippen LogP contribution in [-0.4, -0.2) is 25.6 Å². The van der Waals surface area contributed by atoms with E-state index in [0.29, 0.717) is 18.8 Å². The molecule has 170 valence electrons. The van der Waals surface area contributed by atoms with Crippen molar-refractivity contribution in [3.8, 4) is 5.75 Å². The number of ether oxygens (including phenoxy) is 2. The summed E-state index contributed by atoms with van der Waals surface area (Å²) in [7, 11) is 0. The molecule has 1 aromatic carbocycles. The molecule has 0 N–H and O–H groups in total. The van der Waals surface area contributed by atoms with Gasteiger partial charge in [-0.15, -0.1) is 0 Å². The van der Waals surface area contributed by atoms with Crippen LogP contribution in [-0.2, 0) is 9.53 Å². The molecule has 0 saturated heterocycles. The summed E-state index contributed by atoms with van der Waals surface area (Å²) < 4.78 is 34.9. The SMILES string of the molecule is CCCCCCCCCCOc1ccc([C@H]2CC[C@H](C(=O)OCC(F)F)CC2)cc1. The lowest BCUT2D eigenvalue weighted by atomic mass is 9.79. The van der Waals surface area contributed by atoms with Gasteiger partial charge in [0, 0.05) is 0 Å². The lowest BCUT2D eigenvalue weighted by molar-refractivity contribution is -0.153. The van der Waals surface area contributed by atoms with E-state index in [1.807, 2.05) is 12.1 Å². The minimum atomic E-state index is -2.60. The van der Waals surface area contributed by atoms with Crippen molar-refractivity contribution < 1.29 is 23.0 Å². The molecule has 0 unspecified atom stereocenters. The molecular weight excluding hydrogens is 386 g/mol. The van der Waals surface area contributed by atoms with E-state index in [9.17, 15) is 13.6 Å². The Morgan fingerprint density at radius 3 is 2.13 bits per heavy atom. The molecule has 1 aliphatic rings. The van der Waals surface area contributed by atoms with Gasteiger partial charge in [0.2, 0.25) is 0 Å². The maximum Gasteiger partial charge on any atom is 0.309 e. The molecule has 0 aliphatic heterocycles. The van der Waals surface area contributed by atoms with Crippen molar-refractivity contribution in [1.82, 2.24) is 0 Å². The largest absolute Gasteiger partial charge is 0.494 e. The third-order valence-corrected chi connectivity index (χ3v) is 6.03. The van der Waals surface area contributed by atoms with E-state index in [1.165, 1.54) is 50.5 Å². The summed E-state index contributed by atoms with van der Waals surface area (Å²) in [6, 6.07) is 8.29. The highest BCUT2D eigenvalue weighted by Crippen LogP contribution is 2.36. The van der Waals surface area contributed by atoms with Gasteiger partial charge in [-0.1, -0.05) is 64.0 Å². The quantitative estimate of drug-likeness (QED) is 0.232. The normalized spacial score (nSPS) is 19.1. The van der Waals surface area contributed by atoms with E-state index < -0.39 is 19.0 Å². The maximum absolute atomic E-state index is 12.2. The van der Waals surface area contributed by atoms with Gasteiger partial charge in [0.25, 0.3) is 6.43 Å². The van der Waals surface area contributed by atoms with E-state index in [0.717, 1.165) is 31.6 Å². The van der Waals surface area contributed by atoms with Crippen LogP contribution >= 0.6 is 0 Å². The second kappa shape index (κ2) is 14.4. The van der Waals surface area contributed by atoms with E-state index in [1.54, 1.807) is 0 Å². The molecule has 1 aliphatic carbocycles. The Morgan fingerprint density at radius 1 is 0.933 bits per heavy atom. The number of halogens is 2. The number of carbonyl (C=O) groups is 1. The molecule has 0 heterocycles. The highest BCUT2D eigenvalue weighted by atomic mass is 19.3. The minimum Gasteiger partial charge on any atom is -0.494 e. The summed E-state index contributed by atoms with van der Waals surface area (Å²) in [6.07, 6.45) is 10.9. The maximum atomic E-state index is 12.2. The van der Waals surface area contributed by atoms with Crippen LogP contribution in [0.5, 0.6) is 5.75 Å². The van der Waals surface area contributed by atoms with Gasteiger partial charge in [0.15, 0.2) is 6.61 Å². The molecule has 0 aromatic heterocycles. The first-order valence-corrected chi connectivity index (χ1v) is 11.8. The summed E-state index contributed by atoms with van der Waals surface area (Å²) in [4.78, 5) is 11.8. The van der Waals surface area contributed by atoms with Crippen LogP contribution in [0.1, 0.15) is 95.5 Å². The third-order valence-electron chi connectivity index (χ3n) is 6.03. The van der Waals surface area contributed by atoms with Crippen LogP contribution in [0.15, 0.2) is 24.3 Å². The Balaban J connectivity index is 1.60. The van der Waals surface area contributed by atoms with Crippen LogP contribution in [0.3, 0.4) is 0 Å². The van der Waals surface area contributed by atoms with E-state index >= 15 is 0 Å². The lowest BCUT2D eigenvalue weighted by Crippen LogP contribution is -2.24. The Labute approximate surface area is 180 Å². The van der Waals surface area contributed by atoms with Gasteiger partial charge in [-0.25, -0.2) is 8.78 Å². The number of rotatable bonds is 14. The number of benzene rings is 1. The van der Waals surface area contributed by atoms with Crippen molar-refractivity contribution >= 4 is 5.97 Å². The van der Waals surface area contributed by atoms with Gasteiger partial charge in [-0.3, -0.25) is 4.79 Å². The first-order chi connectivity index (χ1) is 14.6. The smallest absolute Gasteiger partial charge is 0.309 e. The standard InChI is InChI=1S/C25H38F2O3/c1-2-3-4-5-6-7-8-9-18-29-23-16-14-21(15-17-23)20-10-12-22(13-11-20)25(28)30-19-24(26)27/h14-17,20,22,24H,2-13,18-19H2,1H3/t20-,22-. The summed E-state index contributed by atoms with van der Waals surface area (Å²) in [5.41, 5.74) is 1.26. The fourth-order valence-electron chi connectivity index (χ4n) is 4.19. The van der Waals surface area contributed by atoms with Gasteiger partial charge >= 0.3 is 5.97 Å². The van der Waals surface area contributed by atoms with Crippen LogP contribution in [0.4, 0.5) is 8.78 Å². The number of hydrogen-bond donors (Lipinski definition) is 0. The topological polar surface area (TPSA) is 35.5 Å². The predicted molar refractivity (Wildman–Crippen MR) is 116 cm³/mol. The van der Waals surface area contributed by atoms with Crippen molar-refractivity contribution in [3.05, 3.63) is 29.8 Å². The summed E-state index contributed by atoms with van der Waals surface area (Å²) in [5.74, 6) is 0.601. The zero-order valence-corrected chi connectivity index (χ0v) is 18.4. The van der Waals surface area contributed by atoms with Gasteiger partial charge in [0.1, 0.15) is 5.75 Å². The molecule has 1 aromatic rings. The zero-order valence-electron chi connectivity index (χ0n) is 18.4. The molecule has 30 heavy (non-hydrogen) atoms. The molecule has 0 atom stereocenters. The summed E-state index contributed by atoms with van der Waals surface area (Å²) >= 11 is 0. The number of hydrogen-bond acceptors (Lipinski definition) is 3. The average Bonchev–Trinajstić information content (AvgIpc) is 2.77. The van der Waals surface area contributed by atoms with Crippen LogP contribution in [0, 0.1) is 5.92 Å².